The summed E-state index contributed by atoms with van der Waals surface area (Å²) in [5.41, 5.74) is 0.305. The number of carbonyl (C=O) groups excluding carboxylic acids is 2. The zero-order valence-corrected chi connectivity index (χ0v) is 17.2. The Bertz CT molecular complexity index is 1030. The van der Waals surface area contributed by atoms with Gasteiger partial charge in [0.05, 0.1) is 11.3 Å². The second-order valence-electron chi connectivity index (χ2n) is 5.84. The summed E-state index contributed by atoms with van der Waals surface area (Å²) >= 11 is 0.350. The fraction of sp³-hybridized carbons (Fsp3) is 0.222. The summed E-state index contributed by atoms with van der Waals surface area (Å²) in [6, 6.07) is 7.59. The lowest BCUT2D eigenvalue weighted by molar-refractivity contribution is -0.147. The Balaban J connectivity index is 1.73. The molecule has 0 atom stereocenters. The Labute approximate surface area is 179 Å². The van der Waals surface area contributed by atoms with E-state index in [9.17, 15) is 35.6 Å². The Hall–Kier alpha value is -2.64. The van der Waals surface area contributed by atoms with Gasteiger partial charge in [-0.2, -0.15) is 8.78 Å². The van der Waals surface area contributed by atoms with E-state index in [-0.39, 0.29) is 0 Å². The fourth-order valence-corrected chi connectivity index (χ4v) is 3.69. The Kier molecular flexibility index (Phi) is 8.83. The van der Waals surface area contributed by atoms with Crippen molar-refractivity contribution >= 4 is 39.3 Å². The van der Waals surface area contributed by atoms with Gasteiger partial charge in [0.25, 0.3) is 11.7 Å². The van der Waals surface area contributed by atoms with Crippen LogP contribution in [0.3, 0.4) is 0 Å². The maximum Gasteiger partial charge on any atom is 0.307 e. The number of halogens is 4. The number of benzene rings is 2. The van der Waals surface area contributed by atoms with Gasteiger partial charge in [0, 0.05) is 17.1 Å². The van der Waals surface area contributed by atoms with Crippen LogP contribution in [0, 0.1) is 11.6 Å². The highest BCUT2D eigenvalue weighted by Crippen LogP contribution is 2.26. The van der Waals surface area contributed by atoms with Crippen molar-refractivity contribution < 1.29 is 40.3 Å². The molecule has 0 aromatic heterocycles. The van der Waals surface area contributed by atoms with Crippen LogP contribution in [0.25, 0.3) is 0 Å². The van der Waals surface area contributed by atoms with Crippen LogP contribution in [-0.4, -0.2) is 39.2 Å². The molecular weight excluding hydrogens is 464 g/mol. The second-order valence-corrected chi connectivity index (χ2v) is 8.67. The number of hydrogen-bond acceptors (Lipinski definition) is 6. The molecule has 13 heteroatoms. The van der Waals surface area contributed by atoms with Crippen molar-refractivity contribution in [3.63, 3.8) is 0 Å². The summed E-state index contributed by atoms with van der Waals surface area (Å²) in [6.45, 7) is -1.05. The van der Waals surface area contributed by atoms with E-state index in [0.717, 1.165) is 6.07 Å². The molecule has 1 amide bonds. The molecule has 168 valence electrons. The van der Waals surface area contributed by atoms with Crippen LogP contribution in [0.1, 0.15) is 6.42 Å². The van der Waals surface area contributed by atoms with Crippen molar-refractivity contribution in [1.82, 2.24) is 4.72 Å². The molecule has 7 nitrogen and oxygen atoms in total. The fourth-order valence-electron chi connectivity index (χ4n) is 2.15. The number of rotatable bonds is 10. The van der Waals surface area contributed by atoms with E-state index >= 15 is 0 Å². The van der Waals surface area contributed by atoms with Gasteiger partial charge >= 0.3 is 5.97 Å². The lowest BCUT2D eigenvalue weighted by atomic mass is 10.3. The van der Waals surface area contributed by atoms with Crippen molar-refractivity contribution in [2.75, 3.05) is 18.5 Å². The van der Waals surface area contributed by atoms with Gasteiger partial charge in [-0.15, -0.1) is 0 Å². The summed E-state index contributed by atoms with van der Waals surface area (Å²) in [6.07, 6.45) is -0.421. The summed E-state index contributed by atoms with van der Waals surface area (Å²) in [7, 11) is -4.17. The molecule has 0 aliphatic rings. The second kappa shape index (κ2) is 11.1. The maximum atomic E-state index is 13.2. The summed E-state index contributed by atoms with van der Waals surface area (Å²) in [5, 5.41) is 2.40. The van der Waals surface area contributed by atoms with Crippen LogP contribution in [0.15, 0.2) is 52.3 Å². The average Bonchev–Trinajstić information content (AvgIpc) is 2.69. The van der Waals surface area contributed by atoms with Crippen molar-refractivity contribution in [3.05, 3.63) is 54.1 Å². The van der Waals surface area contributed by atoms with Crippen molar-refractivity contribution in [1.29, 1.82) is 0 Å². The number of thioether (sulfide) groups is 1. The minimum Gasteiger partial charge on any atom is -0.456 e. The molecule has 0 saturated carbocycles. The number of nitrogens with one attached hydrogen (secondary N) is 2. The number of ether oxygens (including phenoxy) is 1. The van der Waals surface area contributed by atoms with E-state index < -0.39 is 63.8 Å². The zero-order valence-electron chi connectivity index (χ0n) is 15.6. The van der Waals surface area contributed by atoms with E-state index in [0.29, 0.717) is 34.5 Å². The minimum absolute atomic E-state index is 0.305. The van der Waals surface area contributed by atoms with Gasteiger partial charge in [0.15, 0.2) is 18.2 Å². The quantitative estimate of drug-likeness (QED) is 0.308. The molecule has 31 heavy (non-hydrogen) atoms. The first-order valence-electron chi connectivity index (χ1n) is 8.52. The third-order valence-corrected chi connectivity index (χ3v) is 5.73. The number of anilines is 1. The van der Waals surface area contributed by atoms with Crippen LogP contribution >= 0.6 is 11.8 Å². The number of alkyl halides is 2. The molecule has 2 aromatic carbocycles. The summed E-state index contributed by atoms with van der Waals surface area (Å²) in [4.78, 5) is 23.2. The number of carbonyl (C=O) groups is 2. The van der Waals surface area contributed by atoms with Gasteiger partial charge in [-0.1, -0.05) is 11.8 Å². The maximum absolute atomic E-state index is 13.2. The van der Waals surface area contributed by atoms with E-state index in [2.05, 4.69) is 5.32 Å². The van der Waals surface area contributed by atoms with Gasteiger partial charge in [-0.25, -0.2) is 21.9 Å². The molecule has 2 rings (SSSR count). The van der Waals surface area contributed by atoms with Crippen molar-refractivity contribution in [2.24, 2.45) is 0 Å². The Morgan fingerprint density at radius 1 is 1.03 bits per heavy atom. The third kappa shape index (κ3) is 8.19. The first-order chi connectivity index (χ1) is 14.6. The van der Waals surface area contributed by atoms with E-state index in [1.165, 1.54) is 24.3 Å². The molecule has 0 heterocycles. The smallest absolute Gasteiger partial charge is 0.307 e. The van der Waals surface area contributed by atoms with E-state index in [1.54, 1.807) is 0 Å². The molecule has 0 fully saturated rings. The average molecular weight is 480 g/mol. The molecule has 0 spiro atoms. The van der Waals surface area contributed by atoms with Gasteiger partial charge in [-0.05, 0) is 42.5 Å². The Morgan fingerprint density at radius 3 is 2.32 bits per heavy atom. The SMILES string of the molecule is O=C(COC(=O)CCNS(=O)(=O)c1ccc(F)c(F)c1)Nc1ccc(SC(F)F)cc1. The summed E-state index contributed by atoms with van der Waals surface area (Å²) < 4.78 is 81.2. The summed E-state index contributed by atoms with van der Waals surface area (Å²) in [5.74, 6) is -6.68. The molecular formula is C18H16F4N2O5S2. The lowest BCUT2D eigenvalue weighted by Gasteiger charge is -2.09. The van der Waals surface area contributed by atoms with Crippen LogP contribution < -0.4 is 10.0 Å². The molecule has 0 bridgehead atoms. The normalized spacial score (nSPS) is 11.4. The molecule has 0 radical (unpaired) electrons. The topological polar surface area (TPSA) is 102 Å². The molecule has 0 aliphatic heterocycles. The number of esters is 1. The van der Waals surface area contributed by atoms with Crippen LogP contribution in [0.5, 0.6) is 0 Å². The van der Waals surface area contributed by atoms with Crippen LogP contribution in [0.4, 0.5) is 23.2 Å². The molecule has 0 aliphatic carbocycles. The van der Waals surface area contributed by atoms with Gasteiger partial charge in [0.1, 0.15) is 0 Å². The molecule has 0 saturated heterocycles. The highest BCUT2D eigenvalue weighted by atomic mass is 32.2. The van der Waals surface area contributed by atoms with Crippen molar-refractivity contribution in [3.8, 4) is 0 Å². The van der Waals surface area contributed by atoms with E-state index in [4.69, 9.17) is 4.74 Å². The first-order valence-corrected chi connectivity index (χ1v) is 10.9. The highest BCUT2D eigenvalue weighted by Gasteiger charge is 2.17. The van der Waals surface area contributed by atoms with E-state index in [1.807, 2.05) is 4.72 Å². The van der Waals surface area contributed by atoms with Crippen molar-refractivity contribution in [2.45, 2.75) is 22.0 Å². The molecule has 2 N–H and O–H groups in total. The predicted octanol–water partition coefficient (Wildman–Crippen LogP) is 3.13. The predicted molar refractivity (Wildman–Crippen MR) is 104 cm³/mol. The van der Waals surface area contributed by atoms with Gasteiger partial charge in [0.2, 0.25) is 10.0 Å². The van der Waals surface area contributed by atoms with Gasteiger partial charge in [-0.3, -0.25) is 9.59 Å². The number of amides is 1. The van der Waals surface area contributed by atoms with Gasteiger partial charge < -0.3 is 10.1 Å². The number of hydrogen-bond donors (Lipinski definition) is 2. The van der Waals surface area contributed by atoms with Crippen LogP contribution in [0.2, 0.25) is 0 Å². The lowest BCUT2D eigenvalue weighted by Crippen LogP contribution is -2.28. The molecule has 0 unspecified atom stereocenters. The van der Waals surface area contributed by atoms with Crippen LogP contribution in [-0.2, 0) is 24.3 Å². The monoisotopic (exact) mass is 480 g/mol. The standard InChI is InChI=1S/C18H16F4N2O5S2/c19-14-6-5-13(9-15(14)20)31(27,28)23-8-7-17(26)29-10-16(25)24-11-1-3-12(4-2-11)30-18(21)22/h1-6,9,18,23H,7-8,10H2,(H,24,25). The molecule has 2 aromatic rings. The third-order valence-electron chi connectivity index (χ3n) is 3.55. The first kappa shape index (κ1) is 24.6. The Morgan fingerprint density at radius 2 is 1.71 bits per heavy atom. The zero-order chi connectivity index (χ0) is 23.0. The highest BCUT2D eigenvalue weighted by molar-refractivity contribution is 7.99. The largest absolute Gasteiger partial charge is 0.456 e. The number of sulfonamides is 1. The minimum atomic E-state index is -4.17.